The van der Waals surface area contributed by atoms with Gasteiger partial charge in [-0.15, -0.1) is 0 Å². The molecule has 5 heteroatoms. The van der Waals surface area contributed by atoms with Crippen LogP contribution < -0.4 is 9.64 Å². The summed E-state index contributed by atoms with van der Waals surface area (Å²) in [7, 11) is 1.72. The predicted molar refractivity (Wildman–Crippen MR) is 118 cm³/mol. The molecule has 4 nitrogen and oxygen atoms in total. The fourth-order valence-corrected chi connectivity index (χ4v) is 5.23. The maximum Gasteiger partial charge on any atom is 0.120 e. The minimum absolute atomic E-state index is 0.224. The van der Waals surface area contributed by atoms with Crippen LogP contribution >= 0.6 is 22.6 Å². The number of benzene rings is 2. The zero-order chi connectivity index (χ0) is 19.0. The van der Waals surface area contributed by atoms with Gasteiger partial charge in [-0.25, -0.2) is 0 Å². The van der Waals surface area contributed by atoms with Crippen molar-refractivity contribution in [2.24, 2.45) is 0 Å². The second kappa shape index (κ2) is 7.97. The van der Waals surface area contributed by atoms with E-state index in [0.717, 1.165) is 44.8 Å². The first-order valence-corrected chi connectivity index (χ1v) is 10.7. The van der Waals surface area contributed by atoms with Crippen molar-refractivity contribution < 1.29 is 9.84 Å². The SMILES string of the molecule is COc1ccc(C)c(N2CCN([C@@H]3Cc4c(I)cccc4C[C@H]3O)CC2)c1. The number of anilines is 1. The van der Waals surface area contributed by atoms with Gasteiger partial charge >= 0.3 is 0 Å². The molecule has 0 unspecified atom stereocenters. The third kappa shape index (κ3) is 3.82. The highest BCUT2D eigenvalue weighted by molar-refractivity contribution is 14.1. The van der Waals surface area contributed by atoms with E-state index in [1.165, 1.54) is 25.9 Å². The molecule has 1 heterocycles. The number of halogens is 1. The summed E-state index contributed by atoms with van der Waals surface area (Å²) in [5.74, 6) is 0.909. The quantitative estimate of drug-likeness (QED) is 0.688. The molecule has 27 heavy (non-hydrogen) atoms. The second-order valence-corrected chi connectivity index (χ2v) is 8.76. The van der Waals surface area contributed by atoms with Crippen molar-refractivity contribution in [3.05, 3.63) is 56.7 Å². The highest BCUT2D eigenvalue weighted by atomic mass is 127. The smallest absolute Gasteiger partial charge is 0.120 e. The zero-order valence-electron chi connectivity index (χ0n) is 16.0. The Bertz CT molecular complexity index is 818. The van der Waals surface area contributed by atoms with Crippen molar-refractivity contribution in [2.75, 3.05) is 38.2 Å². The molecule has 2 atom stereocenters. The van der Waals surface area contributed by atoms with Crippen LogP contribution in [0.5, 0.6) is 5.75 Å². The number of nitrogens with zero attached hydrogens (tertiary/aromatic N) is 2. The van der Waals surface area contributed by atoms with Gasteiger partial charge in [0, 0.05) is 54.0 Å². The van der Waals surface area contributed by atoms with E-state index in [2.05, 4.69) is 69.6 Å². The Kier molecular flexibility index (Phi) is 5.62. The van der Waals surface area contributed by atoms with Crippen LogP contribution in [-0.2, 0) is 12.8 Å². The van der Waals surface area contributed by atoms with Crippen LogP contribution in [0.4, 0.5) is 5.69 Å². The molecule has 2 aromatic carbocycles. The lowest BCUT2D eigenvalue weighted by Gasteiger charge is -2.44. The number of hydrogen-bond acceptors (Lipinski definition) is 4. The highest BCUT2D eigenvalue weighted by Crippen LogP contribution is 2.31. The molecule has 0 aromatic heterocycles. The molecule has 2 aromatic rings. The van der Waals surface area contributed by atoms with E-state index >= 15 is 0 Å². The first-order chi connectivity index (χ1) is 13.1. The topological polar surface area (TPSA) is 35.9 Å². The van der Waals surface area contributed by atoms with Gasteiger partial charge in [0.15, 0.2) is 0 Å². The van der Waals surface area contributed by atoms with Crippen LogP contribution in [0.25, 0.3) is 0 Å². The van der Waals surface area contributed by atoms with E-state index in [0.29, 0.717) is 0 Å². The molecule has 0 spiro atoms. The van der Waals surface area contributed by atoms with Crippen molar-refractivity contribution in [1.82, 2.24) is 4.90 Å². The minimum atomic E-state index is -0.277. The summed E-state index contributed by atoms with van der Waals surface area (Å²) in [6.45, 7) is 6.09. The molecular formula is C22H27IN2O2. The van der Waals surface area contributed by atoms with Gasteiger partial charge in [-0.1, -0.05) is 18.2 Å². The van der Waals surface area contributed by atoms with Crippen LogP contribution in [-0.4, -0.2) is 55.4 Å². The number of piperazine rings is 1. The molecule has 1 aliphatic heterocycles. The zero-order valence-corrected chi connectivity index (χ0v) is 18.1. The molecule has 4 rings (SSSR count). The van der Waals surface area contributed by atoms with Crippen molar-refractivity contribution in [2.45, 2.75) is 31.9 Å². The third-order valence-corrected chi connectivity index (χ3v) is 7.05. The molecule has 1 aliphatic carbocycles. The van der Waals surface area contributed by atoms with Crippen molar-refractivity contribution in [3.63, 3.8) is 0 Å². The lowest BCUT2D eigenvalue weighted by molar-refractivity contribution is 0.0393. The number of aliphatic hydroxyl groups is 1. The Morgan fingerprint density at radius 3 is 2.59 bits per heavy atom. The first kappa shape index (κ1) is 19.0. The van der Waals surface area contributed by atoms with E-state index in [4.69, 9.17) is 4.74 Å². The Balaban J connectivity index is 1.46. The minimum Gasteiger partial charge on any atom is -0.497 e. The van der Waals surface area contributed by atoms with E-state index in [9.17, 15) is 5.11 Å². The summed E-state index contributed by atoms with van der Waals surface area (Å²) >= 11 is 2.43. The van der Waals surface area contributed by atoms with Crippen LogP contribution in [0.3, 0.4) is 0 Å². The Morgan fingerprint density at radius 2 is 1.85 bits per heavy atom. The largest absolute Gasteiger partial charge is 0.497 e. The van der Waals surface area contributed by atoms with Gasteiger partial charge in [0.1, 0.15) is 5.75 Å². The van der Waals surface area contributed by atoms with Crippen molar-refractivity contribution >= 4 is 28.3 Å². The number of rotatable bonds is 3. The lowest BCUT2D eigenvalue weighted by Crippen LogP contribution is -2.56. The average Bonchev–Trinajstić information content (AvgIpc) is 2.68. The predicted octanol–water partition coefficient (Wildman–Crippen LogP) is 3.26. The van der Waals surface area contributed by atoms with E-state index in [-0.39, 0.29) is 12.1 Å². The maximum atomic E-state index is 10.8. The van der Waals surface area contributed by atoms with Gasteiger partial charge in [0.05, 0.1) is 13.2 Å². The monoisotopic (exact) mass is 478 g/mol. The van der Waals surface area contributed by atoms with Crippen molar-refractivity contribution in [3.8, 4) is 5.75 Å². The number of hydrogen-bond donors (Lipinski definition) is 1. The molecule has 0 saturated carbocycles. The third-order valence-electron chi connectivity index (χ3n) is 6.04. The van der Waals surface area contributed by atoms with Gasteiger partial charge in [-0.2, -0.15) is 0 Å². The van der Waals surface area contributed by atoms with E-state index < -0.39 is 0 Å². The summed E-state index contributed by atoms with van der Waals surface area (Å²) in [5, 5.41) is 10.8. The Hall–Kier alpha value is -1.31. The van der Waals surface area contributed by atoms with Crippen LogP contribution in [0.15, 0.2) is 36.4 Å². The number of methoxy groups -OCH3 is 1. The lowest BCUT2D eigenvalue weighted by atomic mass is 9.85. The van der Waals surface area contributed by atoms with Gasteiger partial charge in [0.2, 0.25) is 0 Å². The summed E-state index contributed by atoms with van der Waals surface area (Å²) in [5.41, 5.74) is 5.29. The summed E-state index contributed by atoms with van der Waals surface area (Å²) in [6.07, 6.45) is 1.45. The van der Waals surface area contributed by atoms with E-state index in [1.807, 2.05) is 6.07 Å². The number of aryl methyl sites for hydroxylation is 1. The first-order valence-electron chi connectivity index (χ1n) is 9.65. The molecule has 1 saturated heterocycles. The Morgan fingerprint density at radius 1 is 1.07 bits per heavy atom. The average molecular weight is 478 g/mol. The van der Waals surface area contributed by atoms with E-state index in [1.54, 1.807) is 7.11 Å². The second-order valence-electron chi connectivity index (χ2n) is 7.60. The van der Waals surface area contributed by atoms with Crippen molar-refractivity contribution in [1.29, 1.82) is 0 Å². The van der Waals surface area contributed by atoms with Gasteiger partial charge in [-0.3, -0.25) is 4.90 Å². The highest BCUT2D eigenvalue weighted by Gasteiger charge is 2.34. The fourth-order valence-electron chi connectivity index (χ4n) is 4.45. The Labute approximate surface area is 175 Å². The molecule has 1 N–H and O–H groups in total. The summed E-state index contributed by atoms with van der Waals surface area (Å²) < 4.78 is 6.73. The number of aliphatic hydroxyl groups excluding tert-OH is 1. The molecule has 144 valence electrons. The molecule has 0 bridgehead atoms. The standard InChI is InChI=1S/C22H27IN2O2/c1-15-6-7-17(27-2)13-20(15)24-8-10-25(11-9-24)21-14-18-16(12-22(21)26)4-3-5-19(18)23/h3-7,13,21-22,26H,8-12,14H2,1-2H3/t21-,22-/m1/s1. The van der Waals surface area contributed by atoms with Gasteiger partial charge in [-0.05, 0) is 64.8 Å². The van der Waals surface area contributed by atoms with Crippen LogP contribution in [0.2, 0.25) is 0 Å². The fraction of sp³-hybridized carbons (Fsp3) is 0.455. The molecule has 0 radical (unpaired) electrons. The summed E-state index contributed by atoms with van der Waals surface area (Å²) in [6, 6.07) is 13.0. The number of fused-ring (bicyclic) bond motifs is 1. The molecule has 0 amide bonds. The number of ether oxygens (including phenoxy) is 1. The normalized spacial score (nSPS) is 23.2. The van der Waals surface area contributed by atoms with Gasteiger partial charge < -0.3 is 14.7 Å². The maximum absolute atomic E-state index is 10.8. The molecule has 2 aliphatic rings. The van der Waals surface area contributed by atoms with Crippen LogP contribution in [0, 0.1) is 10.5 Å². The summed E-state index contributed by atoms with van der Waals surface area (Å²) in [4.78, 5) is 4.93. The molecular weight excluding hydrogens is 451 g/mol. The van der Waals surface area contributed by atoms with Crippen LogP contribution in [0.1, 0.15) is 16.7 Å². The molecule has 1 fully saturated rings. The van der Waals surface area contributed by atoms with Gasteiger partial charge in [0.25, 0.3) is 0 Å².